The van der Waals surface area contributed by atoms with Crippen LogP contribution >= 0.6 is 0 Å². The van der Waals surface area contributed by atoms with E-state index in [0.717, 1.165) is 54.8 Å². The van der Waals surface area contributed by atoms with Crippen molar-refractivity contribution in [3.8, 4) is 0 Å². The van der Waals surface area contributed by atoms with Crippen molar-refractivity contribution in [2.45, 2.75) is 44.4 Å². The molecule has 1 N–H and O–H groups in total. The number of rotatable bonds is 3. The van der Waals surface area contributed by atoms with Crippen molar-refractivity contribution in [2.24, 2.45) is 0 Å². The van der Waals surface area contributed by atoms with Crippen molar-refractivity contribution in [1.82, 2.24) is 19.9 Å². The van der Waals surface area contributed by atoms with Gasteiger partial charge >= 0.3 is 0 Å². The van der Waals surface area contributed by atoms with Crippen LogP contribution in [0.1, 0.15) is 65.2 Å². The molecule has 0 bridgehead atoms. The van der Waals surface area contributed by atoms with E-state index in [-0.39, 0.29) is 11.8 Å². The highest BCUT2D eigenvalue weighted by Gasteiger charge is 2.35. The maximum absolute atomic E-state index is 13.0. The van der Waals surface area contributed by atoms with Gasteiger partial charge in [0.05, 0.1) is 11.0 Å². The van der Waals surface area contributed by atoms with E-state index in [9.17, 15) is 4.79 Å². The lowest BCUT2D eigenvalue weighted by Crippen LogP contribution is -2.39. The third-order valence-corrected chi connectivity index (χ3v) is 5.57. The number of carbonyl (C=O) groups excluding carboxylic acids is 1. The number of hydrogen-bond donors (Lipinski definition) is 1. The lowest BCUT2D eigenvalue weighted by molar-refractivity contribution is 0.0697. The zero-order valence-corrected chi connectivity index (χ0v) is 14.9. The van der Waals surface area contributed by atoms with Crippen LogP contribution in [0.15, 0.2) is 29.0 Å². The minimum atomic E-state index is -0.00218. The van der Waals surface area contributed by atoms with E-state index in [4.69, 9.17) is 9.40 Å². The number of imidazole rings is 1. The molecule has 2 aromatic heterocycles. The smallest absolute Gasteiger partial charge is 0.276 e. The summed E-state index contributed by atoms with van der Waals surface area (Å²) in [6.45, 7) is 3.52. The van der Waals surface area contributed by atoms with Crippen LogP contribution in [0.25, 0.3) is 11.0 Å². The first-order chi connectivity index (χ1) is 12.7. The van der Waals surface area contributed by atoms with Gasteiger partial charge in [0.2, 0.25) is 0 Å². The zero-order chi connectivity index (χ0) is 17.7. The molecule has 6 heteroatoms. The Labute approximate surface area is 151 Å². The van der Waals surface area contributed by atoms with Gasteiger partial charge in [-0.2, -0.15) is 0 Å². The molecular weight excluding hydrogens is 328 g/mol. The number of amides is 1. The van der Waals surface area contributed by atoms with Gasteiger partial charge in [0.1, 0.15) is 11.6 Å². The number of fused-ring (bicyclic) bond motifs is 1. The van der Waals surface area contributed by atoms with Gasteiger partial charge in [-0.25, -0.2) is 9.97 Å². The van der Waals surface area contributed by atoms with Crippen LogP contribution in [0.4, 0.5) is 0 Å². The molecule has 134 valence electrons. The lowest BCUT2D eigenvalue weighted by Gasteiger charge is -2.31. The summed E-state index contributed by atoms with van der Waals surface area (Å²) in [5.74, 6) is 2.37. The van der Waals surface area contributed by atoms with E-state index < -0.39 is 0 Å². The molecule has 1 atom stereocenters. The number of nitrogens with one attached hydrogen (secondary N) is 1. The number of piperidine rings is 1. The van der Waals surface area contributed by atoms with Gasteiger partial charge < -0.3 is 14.3 Å². The van der Waals surface area contributed by atoms with Crippen molar-refractivity contribution >= 4 is 16.9 Å². The van der Waals surface area contributed by atoms with E-state index >= 15 is 0 Å². The van der Waals surface area contributed by atoms with E-state index in [1.165, 1.54) is 12.0 Å². The summed E-state index contributed by atoms with van der Waals surface area (Å²) in [4.78, 5) is 27.4. The van der Waals surface area contributed by atoms with Crippen molar-refractivity contribution in [3.63, 3.8) is 0 Å². The van der Waals surface area contributed by atoms with Gasteiger partial charge in [-0.1, -0.05) is 12.1 Å². The van der Waals surface area contributed by atoms with Gasteiger partial charge in [0.25, 0.3) is 5.91 Å². The summed E-state index contributed by atoms with van der Waals surface area (Å²) < 4.78 is 5.49. The summed E-state index contributed by atoms with van der Waals surface area (Å²) in [5.41, 5.74) is 3.77. The summed E-state index contributed by atoms with van der Waals surface area (Å²) in [7, 11) is 0. The number of likely N-dealkylation sites (tertiary alicyclic amines) is 1. The molecule has 0 radical (unpaired) electrons. The van der Waals surface area contributed by atoms with Crippen LogP contribution in [-0.2, 0) is 0 Å². The number of aromatic nitrogens is 3. The minimum Gasteiger partial charge on any atom is -0.447 e. The first-order valence-corrected chi connectivity index (χ1v) is 9.38. The van der Waals surface area contributed by atoms with E-state index in [2.05, 4.69) is 29.0 Å². The highest BCUT2D eigenvalue weighted by Crippen LogP contribution is 2.42. The Morgan fingerprint density at radius 1 is 1.27 bits per heavy atom. The standard InChI is InChI=1S/C20H22N4O2/c1-12-4-2-6-15-16(12)23-19(22-15)14-5-3-9-24(10-14)20(25)17-18(13-7-8-13)26-11-21-17/h2,4,6,11,13-14H,3,5,7-10H2,1H3,(H,22,23)/t14-/m0/s1. The summed E-state index contributed by atoms with van der Waals surface area (Å²) >= 11 is 0. The highest BCUT2D eigenvalue weighted by molar-refractivity contribution is 5.93. The molecule has 26 heavy (non-hydrogen) atoms. The van der Waals surface area contributed by atoms with Crippen molar-refractivity contribution in [3.05, 3.63) is 47.4 Å². The largest absolute Gasteiger partial charge is 0.447 e. The summed E-state index contributed by atoms with van der Waals surface area (Å²) in [6.07, 6.45) is 5.61. The fourth-order valence-corrected chi connectivity index (χ4v) is 3.97. The summed E-state index contributed by atoms with van der Waals surface area (Å²) in [6, 6.07) is 6.18. The fraction of sp³-hybridized carbons (Fsp3) is 0.450. The molecule has 1 saturated carbocycles. The molecular formula is C20H22N4O2. The maximum atomic E-state index is 13.0. The van der Waals surface area contributed by atoms with Crippen molar-refractivity contribution < 1.29 is 9.21 Å². The molecule has 1 aliphatic heterocycles. The molecule has 3 heterocycles. The van der Waals surface area contributed by atoms with Crippen LogP contribution in [0.3, 0.4) is 0 Å². The molecule has 1 aliphatic carbocycles. The van der Waals surface area contributed by atoms with Gasteiger partial charge in [-0.15, -0.1) is 0 Å². The lowest BCUT2D eigenvalue weighted by atomic mass is 9.97. The monoisotopic (exact) mass is 350 g/mol. The first-order valence-electron chi connectivity index (χ1n) is 9.38. The van der Waals surface area contributed by atoms with Crippen LogP contribution in [0, 0.1) is 6.92 Å². The Morgan fingerprint density at radius 2 is 2.15 bits per heavy atom. The van der Waals surface area contributed by atoms with Crippen molar-refractivity contribution in [2.75, 3.05) is 13.1 Å². The Balaban J connectivity index is 1.39. The van der Waals surface area contributed by atoms with Crippen LogP contribution < -0.4 is 0 Å². The second-order valence-corrected chi connectivity index (χ2v) is 7.52. The quantitative estimate of drug-likeness (QED) is 0.780. The van der Waals surface area contributed by atoms with E-state index in [1.807, 2.05) is 11.0 Å². The van der Waals surface area contributed by atoms with Gasteiger partial charge in [0, 0.05) is 24.9 Å². The maximum Gasteiger partial charge on any atom is 0.276 e. The highest BCUT2D eigenvalue weighted by atomic mass is 16.3. The molecule has 0 unspecified atom stereocenters. The van der Waals surface area contributed by atoms with Gasteiger partial charge in [-0.3, -0.25) is 4.79 Å². The number of nitrogens with zero attached hydrogens (tertiary/aromatic N) is 3. The van der Waals surface area contributed by atoms with E-state index in [1.54, 1.807) is 0 Å². The fourth-order valence-electron chi connectivity index (χ4n) is 3.97. The number of carbonyl (C=O) groups is 1. The third-order valence-electron chi connectivity index (χ3n) is 5.57. The molecule has 0 spiro atoms. The van der Waals surface area contributed by atoms with E-state index in [0.29, 0.717) is 18.2 Å². The first kappa shape index (κ1) is 15.6. The molecule has 1 amide bonds. The number of aryl methyl sites for hydroxylation is 1. The number of hydrogen-bond acceptors (Lipinski definition) is 4. The number of aromatic amines is 1. The molecule has 3 aromatic rings. The molecule has 2 aliphatic rings. The molecule has 1 saturated heterocycles. The Bertz CT molecular complexity index is 969. The predicted octanol–water partition coefficient (Wildman–Crippen LogP) is 3.76. The topological polar surface area (TPSA) is 75.0 Å². The number of benzene rings is 1. The molecule has 2 fully saturated rings. The number of para-hydroxylation sites is 1. The normalized spacial score (nSPS) is 20.7. The number of oxazole rings is 1. The number of H-pyrrole nitrogens is 1. The Morgan fingerprint density at radius 3 is 2.96 bits per heavy atom. The van der Waals surface area contributed by atoms with Crippen molar-refractivity contribution in [1.29, 1.82) is 0 Å². The molecule has 5 rings (SSSR count). The average Bonchev–Trinajstić information content (AvgIpc) is 3.21. The molecule has 6 nitrogen and oxygen atoms in total. The van der Waals surface area contributed by atoms with Gasteiger partial charge in [0.15, 0.2) is 12.1 Å². The Hall–Kier alpha value is -2.63. The van der Waals surface area contributed by atoms with Crippen LogP contribution in [0.2, 0.25) is 0 Å². The predicted molar refractivity (Wildman–Crippen MR) is 97.2 cm³/mol. The third kappa shape index (κ3) is 2.60. The van der Waals surface area contributed by atoms with Crippen LogP contribution in [0.5, 0.6) is 0 Å². The van der Waals surface area contributed by atoms with Crippen LogP contribution in [-0.4, -0.2) is 38.8 Å². The summed E-state index contributed by atoms with van der Waals surface area (Å²) in [5, 5.41) is 0. The zero-order valence-electron chi connectivity index (χ0n) is 14.9. The Kier molecular flexibility index (Phi) is 3.58. The average molecular weight is 350 g/mol. The SMILES string of the molecule is Cc1cccc2[nH]c([C@H]3CCCN(C(=O)c4ncoc4C4CC4)C3)nc12. The van der Waals surface area contributed by atoms with Gasteiger partial charge in [-0.05, 0) is 44.2 Å². The second-order valence-electron chi connectivity index (χ2n) is 7.52. The minimum absolute atomic E-state index is 0.00218. The molecule has 1 aromatic carbocycles. The second kappa shape index (κ2) is 5.97.